The van der Waals surface area contributed by atoms with Crippen LogP contribution in [0.25, 0.3) is 11.0 Å². The van der Waals surface area contributed by atoms with Crippen molar-refractivity contribution in [3.63, 3.8) is 0 Å². The van der Waals surface area contributed by atoms with Crippen molar-refractivity contribution >= 4 is 28.7 Å². The summed E-state index contributed by atoms with van der Waals surface area (Å²) >= 11 is 1.65. The van der Waals surface area contributed by atoms with Gasteiger partial charge < -0.3 is 9.88 Å². The molecule has 1 heterocycles. The van der Waals surface area contributed by atoms with Crippen molar-refractivity contribution < 1.29 is 4.79 Å². The number of nitrogens with one attached hydrogen (secondary N) is 1. The Morgan fingerprint density at radius 1 is 0.931 bits per heavy atom. The zero-order chi connectivity index (χ0) is 20.1. The first-order valence-corrected chi connectivity index (χ1v) is 10.7. The third-order valence-electron chi connectivity index (χ3n) is 4.77. The van der Waals surface area contributed by atoms with Crippen LogP contribution in [-0.2, 0) is 11.3 Å². The molecule has 0 fully saturated rings. The zero-order valence-corrected chi connectivity index (χ0v) is 17.1. The Morgan fingerprint density at radius 3 is 2.14 bits per heavy atom. The predicted octanol–water partition coefficient (Wildman–Crippen LogP) is 5.05. The smallest absolute Gasteiger partial charge is 0.240 e. The van der Waals surface area contributed by atoms with Gasteiger partial charge >= 0.3 is 0 Å². The number of amides is 1. The van der Waals surface area contributed by atoms with Crippen LogP contribution in [0.5, 0.6) is 0 Å². The first-order chi connectivity index (χ1) is 14.3. The molecule has 1 aromatic heterocycles. The van der Waals surface area contributed by atoms with Crippen LogP contribution in [0.3, 0.4) is 0 Å². The van der Waals surface area contributed by atoms with E-state index in [9.17, 15) is 4.79 Å². The van der Waals surface area contributed by atoms with E-state index in [0.29, 0.717) is 0 Å². The highest BCUT2D eigenvalue weighted by molar-refractivity contribution is 7.99. The van der Waals surface area contributed by atoms with Crippen molar-refractivity contribution in [1.29, 1.82) is 0 Å². The molecule has 0 saturated heterocycles. The van der Waals surface area contributed by atoms with Crippen molar-refractivity contribution in [2.75, 3.05) is 5.75 Å². The number of para-hydroxylation sites is 2. The fraction of sp³-hybridized carbons (Fsp3) is 0.167. The molecule has 0 radical (unpaired) electrons. The van der Waals surface area contributed by atoms with Gasteiger partial charge in [-0.25, -0.2) is 4.98 Å². The molecule has 0 bridgehead atoms. The van der Waals surface area contributed by atoms with Crippen LogP contribution in [0.2, 0.25) is 0 Å². The van der Waals surface area contributed by atoms with Gasteiger partial charge in [-0.3, -0.25) is 4.79 Å². The Morgan fingerprint density at radius 2 is 1.52 bits per heavy atom. The predicted molar refractivity (Wildman–Crippen MR) is 119 cm³/mol. The van der Waals surface area contributed by atoms with E-state index in [1.807, 2.05) is 89.5 Å². The van der Waals surface area contributed by atoms with E-state index >= 15 is 0 Å². The highest BCUT2D eigenvalue weighted by Gasteiger charge is 2.19. The number of carbonyl (C=O) groups is 1. The average Bonchev–Trinajstić information content (AvgIpc) is 3.10. The Hall–Kier alpha value is -3.05. The van der Waals surface area contributed by atoms with Gasteiger partial charge in [0, 0.05) is 0 Å². The van der Waals surface area contributed by atoms with Crippen LogP contribution in [-0.4, -0.2) is 21.2 Å². The normalized spacial score (nSPS) is 11.1. The molecular weight excluding hydrogens is 378 g/mol. The molecule has 29 heavy (non-hydrogen) atoms. The van der Waals surface area contributed by atoms with Gasteiger partial charge in [0.1, 0.15) is 6.54 Å². The summed E-state index contributed by atoms with van der Waals surface area (Å²) in [5, 5.41) is 4.10. The Labute approximate surface area is 175 Å². The van der Waals surface area contributed by atoms with Crippen LogP contribution in [0.4, 0.5) is 0 Å². The topological polar surface area (TPSA) is 46.9 Å². The summed E-state index contributed by atoms with van der Waals surface area (Å²) in [5.41, 5.74) is 4.02. The monoisotopic (exact) mass is 401 g/mol. The summed E-state index contributed by atoms with van der Waals surface area (Å²) in [6.45, 7) is 2.33. The standard InChI is InChI=1S/C24H23N3OS/c1-2-29-24-25-20-15-9-10-16-21(20)27(24)17-22(28)26-23(18-11-5-3-6-12-18)19-13-7-4-8-14-19/h3-16,23H,2,17H2,1H3,(H,26,28). The van der Waals surface area contributed by atoms with Gasteiger partial charge in [0.05, 0.1) is 17.1 Å². The SMILES string of the molecule is CCSc1nc2ccccc2n1CC(=O)NC(c1ccccc1)c1ccccc1. The lowest BCUT2D eigenvalue weighted by Gasteiger charge is -2.20. The van der Waals surface area contributed by atoms with Gasteiger partial charge in [-0.05, 0) is 29.0 Å². The number of imidazole rings is 1. The maximum absolute atomic E-state index is 13.1. The second-order valence-electron chi connectivity index (χ2n) is 6.72. The van der Waals surface area contributed by atoms with E-state index in [1.165, 1.54) is 0 Å². The third kappa shape index (κ3) is 4.35. The number of rotatable bonds is 7. The summed E-state index contributed by atoms with van der Waals surface area (Å²) < 4.78 is 2.01. The molecule has 4 nitrogen and oxygen atoms in total. The molecule has 1 N–H and O–H groups in total. The van der Waals surface area contributed by atoms with Gasteiger partial charge in [0.15, 0.2) is 5.16 Å². The average molecular weight is 402 g/mol. The number of carbonyl (C=O) groups excluding carboxylic acids is 1. The van der Waals surface area contributed by atoms with Gasteiger partial charge in [0.2, 0.25) is 5.91 Å². The minimum atomic E-state index is -0.193. The number of aromatic nitrogens is 2. The molecule has 0 spiro atoms. The second-order valence-corrected chi connectivity index (χ2v) is 7.96. The fourth-order valence-electron chi connectivity index (χ4n) is 3.45. The maximum atomic E-state index is 13.1. The quantitative estimate of drug-likeness (QED) is 0.441. The Kier molecular flexibility index (Phi) is 5.96. The van der Waals surface area contributed by atoms with Gasteiger partial charge in [-0.15, -0.1) is 0 Å². The number of benzene rings is 3. The molecular formula is C24H23N3OS. The van der Waals surface area contributed by atoms with E-state index in [1.54, 1.807) is 11.8 Å². The van der Waals surface area contributed by atoms with Crippen molar-refractivity contribution in [3.05, 3.63) is 96.1 Å². The third-order valence-corrected chi connectivity index (χ3v) is 5.62. The number of fused-ring (bicyclic) bond motifs is 1. The second kappa shape index (κ2) is 8.97. The van der Waals surface area contributed by atoms with Crippen LogP contribution in [0.1, 0.15) is 24.1 Å². The largest absolute Gasteiger partial charge is 0.344 e. The molecule has 4 aromatic rings. The van der Waals surface area contributed by atoms with Crippen molar-refractivity contribution in [2.45, 2.75) is 24.7 Å². The number of thioether (sulfide) groups is 1. The summed E-state index contributed by atoms with van der Waals surface area (Å²) in [4.78, 5) is 17.8. The molecule has 3 aromatic carbocycles. The van der Waals surface area contributed by atoms with E-state index in [-0.39, 0.29) is 18.5 Å². The molecule has 0 unspecified atom stereocenters. The number of hydrogen-bond donors (Lipinski definition) is 1. The lowest BCUT2D eigenvalue weighted by Crippen LogP contribution is -2.32. The minimum absolute atomic E-state index is 0.0381. The number of nitrogens with zero attached hydrogens (tertiary/aromatic N) is 2. The maximum Gasteiger partial charge on any atom is 0.240 e. The van der Waals surface area contributed by atoms with Crippen LogP contribution < -0.4 is 5.32 Å². The zero-order valence-electron chi connectivity index (χ0n) is 16.3. The first-order valence-electron chi connectivity index (χ1n) is 9.73. The van der Waals surface area contributed by atoms with Gasteiger partial charge in [0.25, 0.3) is 0 Å². The highest BCUT2D eigenvalue weighted by Crippen LogP contribution is 2.25. The van der Waals surface area contributed by atoms with E-state index in [2.05, 4.69) is 12.2 Å². The summed E-state index contributed by atoms with van der Waals surface area (Å²) in [7, 11) is 0. The molecule has 0 saturated carbocycles. The van der Waals surface area contributed by atoms with E-state index < -0.39 is 0 Å². The first kappa shape index (κ1) is 19.3. The Balaban J connectivity index is 1.62. The summed E-state index contributed by atoms with van der Waals surface area (Å²) in [5.74, 6) is 0.866. The van der Waals surface area contributed by atoms with Crippen molar-refractivity contribution in [1.82, 2.24) is 14.9 Å². The molecule has 1 amide bonds. The fourth-order valence-corrected chi connectivity index (χ4v) is 4.19. The molecule has 0 atom stereocenters. The van der Waals surface area contributed by atoms with Crippen molar-refractivity contribution in [2.24, 2.45) is 0 Å². The molecule has 0 aliphatic heterocycles. The molecule has 0 aliphatic rings. The lowest BCUT2D eigenvalue weighted by molar-refractivity contribution is -0.122. The van der Waals surface area contributed by atoms with Crippen LogP contribution >= 0.6 is 11.8 Å². The summed E-state index contributed by atoms with van der Waals surface area (Å²) in [6, 6.07) is 27.9. The highest BCUT2D eigenvalue weighted by atomic mass is 32.2. The number of hydrogen-bond acceptors (Lipinski definition) is 3. The minimum Gasteiger partial charge on any atom is -0.344 e. The van der Waals surface area contributed by atoms with Crippen molar-refractivity contribution in [3.8, 4) is 0 Å². The van der Waals surface area contributed by atoms with Gasteiger partial charge in [-0.1, -0.05) is 91.5 Å². The molecule has 0 aliphatic carbocycles. The van der Waals surface area contributed by atoms with Crippen LogP contribution in [0, 0.1) is 0 Å². The summed E-state index contributed by atoms with van der Waals surface area (Å²) in [6.07, 6.45) is 0. The van der Waals surface area contributed by atoms with E-state index in [0.717, 1.165) is 33.1 Å². The molecule has 146 valence electrons. The Bertz CT molecular complexity index is 1050. The lowest BCUT2D eigenvalue weighted by atomic mass is 9.99. The molecule has 4 rings (SSSR count). The van der Waals surface area contributed by atoms with Crippen LogP contribution in [0.15, 0.2) is 90.1 Å². The van der Waals surface area contributed by atoms with E-state index in [4.69, 9.17) is 4.98 Å². The van der Waals surface area contributed by atoms with Gasteiger partial charge in [-0.2, -0.15) is 0 Å². The molecule has 5 heteroatoms.